The molecule has 0 aliphatic rings. The Bertz CT molecular complexity index is 656. The molecule has 2 aromatic rings. The fourth-order valence-corrected chi connectivity index (χ4v) is 2.12. The van der Waals surface area contributed by atoms with Gasteiger partial charge in [0, 0.05) is 4.47 Å². The summed E-state index contributed by atoms with van der Waals surface area (Å²) in [6.45, 7) is 0. The van der Waals surface area contributed by atoms with Crippen LogP contribution in [0.1, 0.15) is 10.5 Å². The van der Waals surface area contributed by atoms with Crippen molar-refractivity contribution in [3.8, 4) is 22.8 Å². The highest BCUT2D eigenvalue weighted by Gasteiger charge is 2.21. The van der Waals surface area contributed by atoms with Crippen LogP contribution in [0.3, 0.4) is 0 Å². The van der Waals surface area contributed by atoms with Crippen molar-refractivity contribution in [1.82, 2.24) is 10.2 Å². The van der Waals surface area contributed by atoms with Crippen LogP contribution in [0.15, 0.2) is 16.6 Å². The number of ether oxygens (including phenoxy) is 1. The van der Waals surface area contributed by atoms with Gasteiger partial charge in [-0.25, -0.2) is 9.18 Å². The maximum Gasteiger partial charge on any atom is 0.353 e. The standard InChI is InChI=1S/C11H8BrFN2O4/c1-19-7-2-4(12)8(9(13)10(7)16)5-3-6(11(17)18)15-14-5/h2-3,16H,1H3,(H,14,15)(H,17,18). The number of halogens is 2. The topological polar surface area (TPSA) is 95.4 Å². The molecule has 0 atom stereocenters. The number of nitrogens with zero attached hydrogens (tertiary/aromatic N) is 1. The molecule has 0 saturated carbocycles. The van der Waals surface area contributed by atoms with Crippen LogP contribution in [-0.4, -0.2) is 33.5 Å². The number of benzene rings is 1. The third-order valence-corrected chi connectivity index (χ3v) is 3.07. The minimum atomic E-state index is -1.21. The summed E-state index contributed by atoms with van der Waals surface area (Å²) in [7, 11) is 1.29. The summed E-state index contributed by atoms with van der Waals surface area (Å²) >= 11 is 3.12. The first-order chi connectivity index (χ1) is 8.95. The molecule has 0 unspecified atom stereocenters. The van der Waals surface area contributed by atoms with Crippen molar-refractivity contribution >= 4 is 21.9 Å². The summed E-state index contributed by atoms with van der Waals surface area (Å²) in [6.07, 6.45) is 0. The van der Waals surface area contributed by atoms with Gasteiger partial charge >= 0.3 is 5.97 Å². The number of nitrogens with one attached hydrogen (secondary N) is 1. The number of aromatic carboxylic acids is 1. The molecule has 1 heterocycles. The number of aromatic nitrogens is 2. The minimum absolute atomic E-state index is 0.0397. The first-order valence-corrected chi connectivity index (χ1v) is 5.79. The number of rotatable bonds is 3. The van der Waals surface area contributed by atoms with Crippen molar-refractivity contribution in [2.45, 2.75) is 0 Å². The molecular formula is C11H8BrFN2O4. The van der Waals surface area contributed by atoms with Gasteiger partial charge in [-0.3, -0.25) is 5.10 Å². The van der Waals surface area contributed by atoms with Gasteiger partial charge in [-0.15, -0.1) is 0 Å². The smallest absolute Gasteiger partial charge is 0.353 e. The van der Waals surface area contributed by atoms with Crippen molar-refractivity contribution in [3.05, 3.63) is 28.1 Å². The highest BCUT2D eigenvalue weighted by molar-refractivity contribution is 9.10. The van der Waals surface area contributed by atoms with Crippen LogP contribution in [0.5, 0.6) is 11.5 Å². The molecule has 3 N–H and O–H groups in total. The van der Waals surface area contributed by atoms with E-state index in [1.165, 1.54) is 13.2 Å². The number of phenolic OH excluding ortho intramolecular Hbond substituents is 1. The Hall–Kier alpha value is -2.09. The first-order valence-electron chi connectivity index (χ1n) is 4.99. The van der Waals surface area contributed by atoms with E-state index in [0.29, 0.717) is 0 Å². The second-order valence-electron chi connectivity index (χ2n) is 3.57. The van der Waals surface area contributed by atoms with E-state index >= 15 is 0 Å². The Morgan fingerprint density at radius 2 is 2.21 bits per heavy atom. The van der Waals surface area contributed by atoms with E-state index < -0.39 is 17.5 Å². The van der Waals surface area contributed by atoms with Crippen molar-refractivity contribution in [3.63, 3.8) is 0 Å². The predicted molar refractivity (Wildman–Crippen MR) is 66.9 cm³/mol. The van der Waals surface area contributed by atoms with Gasteiger partial charge in [0.2, 0.25) is 0 Å². The van der Waals surface area contributed by atoms with Gasteiger partial charge in [0.15, 0.2) is 17.3 Å². The normalized spacial score (nSPS) is 10.5. The van der Waals surface area contributed by atoms with Gasteiger partial charge in [0.05, 0.1) is 18.4 Å². The Balaban J connectivity index is 2.61. The SMILES string of the molecule is COc1cc(Br)c(-c2cc(C(=O)O)[nH]n2)c(F)c1O. The van der Waals surface area contributed by atoms with Gasteiger partial charge in [-0.2, -0.15) is 5.10 Å². The molecule has 2 rings (SSSR count). The molecule has 0 bridgehead atoms. The second-order valence-corrected chi connectivity index (χ2v) is 4.42. The van der Waals surface area contributed by atoms with Crippen LogP contribution >= 0.6 is 15.9 Å². The zero-order valence-electron chi connectivity index (χ0n) is 9.57. The van der Waals surface area contributed by atoms with Gasteiger partial charge in [0.25, 0.3) is 0 Å². The van der Waals surface area contributed by atoms with Crippen LogP contribution < -0.4 is 4.74 Å². The van der Waals surface area contributed by atoms with E-state index in [-0.39, 0.29) is 27.2 Å². The quantitative estimate of drug-likeness (QED) is 0.803. The molecule has 1 aromatic heterocycles. The lowest BCUT2D eigenvalue weighted by atomic mass is 10.1. The monoisotopic (exact) mass is 330 g/mol. The van der Waals surface area contributed by atoms with E-state index in [2.05, 4.69) is 26.1 Å². The van der Waals surface area contributed by atoms with Gasteiger partial charge in [-0.1, -0.05) is 0 Å². The summed E-state index contributed by atoms with van der Waals surface area (Å²) in [5.74, 6) is -2.87. The average molecular weight is 331 g/mol. The summed E-state index contributed by atoms with van der Waals surface area (Å²) in [5.41, 5.74) is -0.182. The van der Waals surface area contributed by atoms with Crippen LogP contribution in [0.25, 0.3) is 11.3 Å². The van der Waals surface area contributed by atoms with Gasteiger partial charge < -0.3 is 14.9 Å². The van der Waals surface area contributed by atoms with Crippen molar-refractivity contribution in [2.24, 2.45) is 0 Å². The number of methoxy groups -OCH3 is 1. The summed E-state index contributed by atoms with van der Waals surface area (Å²) in [4.78, 5) is 10.7. The molecule has 0 amide bonds. The van der Waals surface area contributed by atoms with Crippen molar-refractivity contribution in [2.75, 3.05) is 7.11 Å². The van der Waals surface area contributed by atoms with Crippen molar-refractivity contribution in [1.29, 1.82) is 0 Å². The Morgan fingerprint density at radius 3 is 2.74 bits per heavy atom. The molecule has 0 aliphatic carbocycles. The molecule has 6 nitrogen and oxygen atoms in total. The fourth-order valence-electron chi connectivity index (χ4n) is 1.54. The summed E-state index contributed by atoms with van der Waals surface area (Å²) in [6, 6.07) is 2.53. The highest BCUT2D eigenvalue weighted by Crippen LogP contribution is 2.40. The number of carboxylic acid groups (broad SMARTS) is 1. The maximum atomic E-state index is 14.0. The zero-order chi connectivity index (χ0) is 14.2. The number of aromatic hydroxyl groups is 1. The molecule has 19 heavy (non-hydrogen) atoms. The predicted octanol–water partition coefficient (Wildman–Crippen LogP) is 2.39. The maximum absolute atomic E-state index is 14.0. The zero-order valence-corrected chi connectivity index (χ0v) is 11.2. The number of hydrogen-bond donors (Lipinski definition) is 3. The first kappa shape index (κ1) is 13.3. The molecule has 0 spiro atoms. The Labute approximate surface area is 115 Å². The lowest BCUT2D eigenvalue weighted by Crippen LogP contribution is -1.95. The molecule has 1 aromatic carbocycles. The lowest BCUT2D eigenvalue weighted by Gasteiger charge is -2.09. The molecule has 8 heteroatoms. The summed E-state index contributed by atoms with van der Waals surface area (Å²) in [5, 5.41) is 24.3. The third-order valence-electron chi connectivity index (χ3n) is 2.44. The lowest BCUT2D eigenvalue weighted by molar-refractivity contribution is 0.0690. The summed E-state index contributed by atoms with van der Waals surface area (Å²) < 4.78 is 19.1. The van der Waals surface area contributed by atoms with Crippen LogP contribution in [-0.2, 0) is 0 Å². The van der Waals surface area contributed by atoms with E-state index in [9.17, 15) is 14.3 Å². The van der Waals surface area contributed by atoms with Crippen LogP contribution in [0, 0.1) is 5.82 Å². The Kier molecular flexibility index (Phi) is 3.43. The van der Waals surface area contributed by atoms with E-state index in [1.54, 1.807) is 0 Å². The molecule has 0 radical (unpaired) electrons. The molecule has 0 saturated heterocycles. The van der Waals surface area contributed by atoms with E-state index in [0.717, 1.165) is 6.07 Å². The minimum Gasteiger partial charge on any atom is -0.502 e. The largest absolute Gasteiger partial charge is 0.502 e. The number of H-pyrrole nitrogens is 1. The van der Waals surface area contributed by atoms with E-state index in [1.807, 2.05) is 0 Å². The van der Waals surface area contributed by atoms with Crippen molar-refractivity contribution < 1.29 is 24.1 Å². The van der Waals surface area contributed by atoms with Gasteiger partial charge in [-0.05, 0) is 28.1 Å². The number of carbonyl (C=O) groups is 1. The van der Waals surface area contributed by atoms with Gasteiger partial charge in [0.1, 0.15) is 5.69 Å². The second kappa shape index (κ2) is 4.88. The molecule has 0 fully saturated rings. The number of aromatic amines is 1. The molecular weight excluding hydrogens is 323 g/mol. The fraction of sp³-hybridized carbons (Fsp3) is 0.0909. The van der Waals surface area contributed by atoms with Crippen LogP contribution in [0.4, 0.5) is 4.39 Å². The molecule has 100 valence electrons. The number of hydrogen-bond acceptors (Lipinski definition) is 4. The molecule has 0 aliphatic heterocycles. The Morgan fingerprint density at radius 1 is 1.53 bits per heavy atom. The average Bonchev–Trinajstić information content (AvgIpc) is 2.83. The van der Waals surface area contributed by atoms with Crippen LogP contribution in [0.2, 0.25) is 0 Å². The highest BCUT2D eigenvalue weighted by atomic mass is 79.9. The third kappa shape index (κ3) is 2.26. The van der Waals surface area contributed by atoms with E-state index in [4.69, 9.17) is 9.84 Å². The number of carboxylic acids is 1. The number of phenols is 1.